The van der Waals surface area contributed by atoms with Crippen LogP contribution in [0.15, 0.2) is 17.5 Å². The van der Waals surface area contributed by atoms with Gasteiger partial charge in [0.15, 0.2) is 0 Å². The summed E-state index contributed by atoms with van der Waals surface area (Å²) < 4.78 is 0. The molecule has 0 amide bonds. The standard InChI is InChI=1S/C16H22N2OS2/c1-3-14-18-12-7-4-6-11(15(12)21-14)17-10-16(2,19)13-8-5-9-20-13/h5,8-9,11,17,19H,3-4,6-7,10H2,1-2H3. The monoisotopic (exact) mass is 322 g/mol. The molecule has 0 spiro atoms. The number of hydrogen-bond donors (Lipinski definition) is 2. The summed E-state index contributed by atoms with van der Waals surface area (Å²) in [6.45, 7) is 4.63. The van der Waals surface area contributed by atoms with E-state index >= 15 is 0 Å². The van der Waals surface area contributed by atoms with Crippen molar-refractivity contribution in [3.8, 4) is 0 Å². The van der Waals surface area contributed by atoms with Crippen LogP contribution in [0.25, 0.3) is 0 Å². The van der Waals surface area contributed by atoms with E-state index in [1.165, 1.54) is 22.0 Å². The van der Waals surface area contributed by atoms with E-state index in [4.69, 9.17) is 4.98 Å². The largest absolute Gasteiger partial charge is 0.383 e. The van der Waals surface area contributed by atoms with Crippen molar-refractivity contribution in [1.29, 1.82) is 0 Å². The van der Waals surface area contributed by atoms with Crippen LogP contribution in [0.2, 0.25) is 0 Å². The Kier molecular flexibility index (Phi) is 4.45. The summed E-state index contributed by atoms with van der Waals surface area (Å²) in [6, 6.07) is 4.34. The maximum atomic E-state index is 10.6. The summed E-state index contributed by atoms with van der Waals surface area (Å²) in [7, 11) is 0. The molecule has 0 radical (unpaired) electrons. The fraction of sp³-hybridized carbons (Fsp3) is 0.562. The highest BCUT2D eigenvalue weighted by atomic mass is 32.1. The lowest BCUT2D eigenvalue weighted by Crippen LogP contribution is -2.37. The minimum atomic E-state index is -0.802. The molecule has 1 aliphatic rings. The van der Waals surface area contributed by atoms with E-state index in [1.54, 1.807) is 11.3 Å². The third-order valence-corrected chi connectivity index (χ3v) is 6.52. The van der Waals surface area contributed by atoms with Gasteiger partial charge in [0.1, 0.15) is 5.60 Å². The van der Waals surface area contributed by atoms with Gasteiger partial charge in [0.2, 0.25) is 0 Å². The second-order valence-corrected chi connectivity index (χ2v) is 7.91. The van der Waals surface area contributed by atoms with Crippen molar-refractivity contribution in [2.75, 3.05) is 6.54 Å². The molecular weight excluding hydrogens is 300 g/mol. The van der Waals surface area contributed by atoms with Crippen LogP contribution in [0.3, 0.4) is 0 Å². The molecule has 0 saturated heterocycles. The van der Waals surface area contributed by atoms with Gasteiger partial charge >= 0.3 is 0 Å². The fourth-order valence-electron chi connectivity index (χ4n) is 2.81. The normalized spacial score (nSPS) is 21.0. The SMILES string of the molecule is CCc1nc2c(s1)C(NCC(C)(O)c1cccs1)CCC2. The van der Waals surface area contributed by atoms with E-state index in [1.807, 2.05) is 35.8 Å². The number of fused-ring (bicyclic) bond motifs is 1. The fourth-order valence-corrected chi connectivity index (χ4v) is 4.76. The van der Waals surface area contributed by atoms with E-state index < -0.39 is 5.60 Å². The molecule has 2 aromatic rings. The van der Waals surface area contributed by atoms with Crippen LogP contribution in [0.5, 0.6) is 0 Å². The van der Waals surface area contributed by atoms with Crippen molar-refractivity contribution in [2.45, 2.75) is 51.2 Å². The summed E-state index contributed by atoms with van der Waals surface area (Å²) in [5.41, 5.74) is 0.473. The summed E-state index contributed by atoms with van der Waals surface area (Å²) >= 11 is 3.45. The van der Waals surface area contributed by atoms with Crippen molar-refractivity contribution in [2.24, 2.45) is 0 Å². The predicted molar refractivity (Wildman–Crippen MR) is 89.1 cm³/mol. The molecule has 0 bridgehead atoms. The Labute approximate surface area is 134 Å². The highest BCUT2D eigenvalue weighted by Gasteiger charge is 2.29. The third kappa shape index (κ3) is 3.21. The molecule has 2 unspecified atom stereocenters. The zero-order chi connectivity index (χ0) is 14.9. The smallest absolute Gasteiger partial charge is 0.108 e. The number of nitrogens with one attached hydrogen (secondary N) is 1. The maximum absolute atomic E-state index is 10.6. The topological polar surface area (TPSA) is 45.2 Å². The zero-order valence-corrected chi connectivity index (χ0v) is 14.2. The lowest BCUT2D eigenvalue weighted by atomic mass is 9.96. The van der Waals surface area contributed by atoms with Crippen molar-refractivity contribution in [1.82, 2.24) is 10.3 Å². The van der Waals surface area contributed by atoms with E-state index in [-0.39, 0.29) is 0 Å². The van der Waals surface area contributed by atoms with Crippen LogP contribution in [-0.2, 0) is 18.4 Å². The molecular formula is C16H22N2OS2. The Morgan fingerprint density at radius 3 is 3.10 bits per heavy atom. The van der Waals surface area contributed by atoms with Gasteiger partial charge in [-0.1, -0.05) is 13.0 Å². The molecule has 2 N–H and O–H groups in total. The number of aliphatic hydroxyl groups is 1. The Morgan fingerprint density at radius 2 is 2.38 bits per heavy atom. The molecule has 114 valence electrons. The van der Waals surface area contributed by atoms with Crippen LogP contribution in [0, 0.1) is 0 Å². The average Bonchev–Trinajstić information content (AvgIpc) is 3.13. The summed E-state index contributed by atoms with van der Waals surface area (Å²) in [6.07, 6.45) is 4.43. The molecule has 2 aromatic heterocycles. The molecule has 3 rings (SSSR count). The number of rotatable bonds is 5. The summed E-state index contributed by atoms with van der Waals surface area (Å²) in [4.78, 5) is 7.14. The molecule has 3 nitrogen and oxygen atoms in total. The van der Waals surface area contributed by atoms with Gasteiger partial charge in [-0.3, -0.25) is 0 Å². The van der Waals surface area contributed by atoms with Crippen molar-refractivity contribution < 1.29 is 5.11 Å². The molecule has 0 saturated carbocycles. The molecule has 5 heteroatoms. The second kappa shape index (κ2) is 6.16. The molecule has 2 heterocycles. The highest BCUT2D eigenvalue weighted by Crippen LogP contribution is 2.35. The molecule has 0 fully saturated rings. The van der Waals surface area contributed by atoms with Crippen LogP contribution in [0.4, 0.5) is 0 Å². The quantitative estimate of drug-likeness (QED) is 0.883. The van der Waals surface area contributed by atoms with Crippen molar-refractivity contribution in [3.05, 3.63) is 38.0 Å². The molecule has 0 aliphatic heterocycles. The number of hydrogen-bond acceptors (Lipinski definition) is 5. The average molecular weight is 322 g/mol. The van der Waals surface area contributed by atoms with Gasteiger partial charge in [0, 0.05) is 22.3 Å². The van der Waals surface area contributed by atoms with Crippen molar-refractivity contribution >= 4 is 22.7 Å². The lowest BCUT2D eigenvalue weighted by Gasteiger charge is -2.28. The van der Waals surface area contributed by atoms with Crippen molar-refractivity contribution in [3.63, 3.8) is 0 Å². The van der Waals surface area contributed by atoms with Gasteiger partial charge in [-0.25, -0.2) is 4.98 Å². The van der Waals surface area contributed by atoms with Gasteiger partial charge < -0.3 is 10.4 Å². The van der Waals surface area contributed by atoms with Gasteiger partial charge in [-0.15, -0.1) is 22.7 Å². The Morgan fingerprint density at radius 1 is 1.52 bits per heavy atom. The maximum Gasteiger partial charge on any atom is 0.108 e. The van der Waals surface area contributed by atoms with Crippen LogP contribution >= 0.6 is 22.7 Å². The Bertz CT molecular complexity index is 589. The van der Waals surface area contributed by atoms with E-state index in [0.717, 1.165) is 24.1 Å². The first-order chi connectivity index (χ1) is 10.1. The first-order valence-electron chi connectivity index (χ1n) is 7.58. The second-order valence-electron chi connectivity index (χ2n) is 5.85. The minimum absolute atomic E-state index is 0.345. The van der Waals surface area contributed by atoms with Crippen LogP contribution in [-0.4, -0.2) is 16.6 Å². The zero-order valence-electron chi connectivity index (χ0n) is 12.6. The van der Waals surface area contributed by atoms with E-state index in [9.17, 15) is 5.11 Å². The van der Waals surface area contributed by atoms with Gasteiger partial charge in [-0.05, 0) is 44.1 Å². The number of aryl methyl sites for hydroxylation is 2. The van der Waals surface area contributed by atoms with Gasteiger partial charge in [0.05, 0.1) is 10.7 Å². The third-order valence-electron chi connectivity index (χ3n) is 4.04. The minimum Gasteiger partial charge on any atom is -0.383 e. The number of thiazole rings is 1. The lowest BCUT2D eigenvalue weighted by molar-refractivity contribution is 0.0569. The Balaban J connectivity index is 1.71. The van der Waals surface area contributed by atoms with Crippen LogP contribution in [0.1, 0.15) is 53.2 Å². The number of thiophene rings is 1. The highest BCUT2D eigenvalue weighted by molar-refractivity contribution is 7.11. The summed E-state index contributed by atoms with van der Waals surface area (Å²) in [5, 5.41) is 17.5. The Hall–Kier alpha value is -0.750. The predicted octanol–water partition coefficient (Wildman–Crippen LogP) is 3.64. The molecule has 0 aromatic carbocycles. The molecule has 1 aliphatic carbocycles. The number of nitrogens with zero attached hydrogens (tertiary/aromatic N) is 1. The first kappa shape index (κ1) is 15.2. The number of aromatic nitrogens is 1. The first-order valence-corrected chi connectivity index (χ1v) is 9.28. The van der Waals surface area contributed by atoms with E-state index in [2.05, 4.69) is 12.2 Å². The van der Waals surface area contributed by atoms with Gasteiger partial charge in [0.25, 0.3) is 0 Å². The van der Waals surface area contributed by atoms with E-state index in [0.29, 0.717) is 12.6 Å². The molecule has 2 atom stereocenters. The van der Waals surface area contributed by atoms with Gasteiger partial charge in [-0.2, -0.15) is 0 Å². The molecule has 21 heavy (non-hydrogen) atoms. The summed E-state index contributed by atoms with van der Waals surface area (Å²) in [5.74, 6) is 0. The van der Waals surface area contributed by atoms with Crippen LogP contribution < -0.4 is 5.32 Å².